The van der Waals surface area contributed by atoms with Crippen molar-refractivity contribution in [2.45, 2.75) is 6.54 Å². The van der Waals surface area contributed by atoms with Crippen LogP contribution in [-0.4, -0.2) is 36.1 Å². The van der Waals surface area contributed by atoms with E-state index in [0.29, 0.717) is 23.7 Å². The van der Waals surface area contributed by atoms with Gasteiger partial charge in [0.25, 0.3) is 11.7 Å². The first kappa shape index (κ1) is 18.6. The molecular formula is C21H20N9O+. The molecule has 0 unspecified atom stereocenters. The molecule has 1 aromatic carbocycles. The quantitative estimate of drug-likeness (QED) is 0.326. The van der Waals surface area contributed by atoms with Crippen LogP contribution in [0.1, 0.15) is 16.1 Å². The molecule has 0 spiro atoms. The second-order valence-electron chi connectivity index (χ2n) is 7.27. The zero-order valence-corrected chi connectivity index (χ0v) is 16.7. The van der Waals surface area contributed by atoms with Gasteiger partial charge in [0.1, 0.15) is 0 Å². The van der Waals surface area contributed by atoms with E-state index in [1.165, 1.54) is 0 Å². The lowest BCUT2D eigenvalue weighted by Crippen LogP contribution is -2.31. The van der Waals surface area contributed by atoms with Gasteiger partial charge in [0.15, 0.2) is 5.69 Å². The predicted molar refractivity (Wildman–Crippen MR) is 115 cm³/mol. The molecule has 5 rings (SSSR count). The molecule has 4 heterocycles. The van der Waals surface area contributed by atoms with Crippen LogP contribution in [0.25, 0.3) is 22.0 Å². The number of carbonyl (C=O) groups excluding carboxylic acids is 1. The van der Waals surface area contributed by atoms with Gasteiger partial charge in [-0.2, -0.15) is 15.3 Å². The number of nitrogen functional groups attached to an aromatic ring is 1. The molecule has 31 heavy (non-hydrogen) atoms. The molecule has 5 aromatic rings. The number of nitrogens with two attached hydrogens (primary N) is 1. The van der Waals surface area contributed by atoms with Crippen LogP contribution in [0.15, 0.2) is 61.3 Å². The smallest absolute Gasteiger partial charge is 0.276 e. The van der Waals surface area contributed by atoms with Gasteiger partial charge < -0.3 is 5.32 Å². The first-order valence-electron chi connectivity index (χ1n) is 9.62. The van der Waals surface area contributed by atoms with Crippen molar-refractivity contribution in [1.29, 1.82) is 0 Å². The maximum atomic E-state index is 12.8. The zero-order chi connectivity index (χ0) is 21.4. The topological polar surface area (TPSA) is 134 Å². The highest BCUT2D eigenvalue weighted by atomic mass is 16.2. The van der Waals surface area contributed by atoms with Gasteiger partial charge in [0.2, 0.25) is 0 Å². The number of aryl methyl sites for hydroxylation is 1. The van der Waals surface area contributed by atoms with E-state index in [4.69, 9.17) is 5.73 Å². The number of carbonyl (C=O) groups is 1. The number of pyridine rings is 1. The van der Waals surface area contributed by atoms with Gasteiger partial charge in [0.05, 0.1) is 43.4 Å². The highest BCUT2D eigenvalue weighted by molar-refractivity contribution is 6.11. The number of nitrogens with one attached hydrogen (secondary N) is 3. The number of rotatable bonds is 5. The van der Waals surface area contributed by atoms with Crippen LogP contribution in [0, 0.1) is 0 Å². The summed E-state index contributed by atoms with van der Waals surface area (Å²) in [5, 5.41) is 21.8. The zero-order valence-electron chi connectivity index (χ0n) is 16.7. The Morgan fingerprint density at radius 1 is 1.23 bits per heavy atom. The fourth-order valence-electron chi connectivity index (χ4n) is 3.40. The van der Waals surface area contributed by atoms with Crippen LogP contribution in [0.5, 0.6) is 0 Å². The Kier molecular flexibility index (Phi) is 4.43. The summed E-state index contributed by atoms with van der Waals surface area (Å²) in [6.45, 7) is 0.545. The van der Waals surface area contributed by atoms with Crippen molar-refractivity contribution in [2.24, 2.45) is 7.05 Å². The highest BCUT2D eigenvalue weighted by Crippen LogP contribution is 2.24. The number of H-pyrrole nitrogens is 2. The van der Waals surface area contributed by atoms with Crippen molar-refractivity contribution in [3.05, 3.63) is 72.6 Å². The van der Waals surface area contributed by atoms with Crippen molar-refractivity contribution in [1.82, 2.24) is 30.2 Å². The third-order valence-corrected chi connectivity index (χ3v) is 5.10. The van der Waals surface area contributed by atoms with E-state index in [1.807, 2.05) is 54.3 Å². The molecule has 0 aliphatic carbocycles. The second kappa shape index (κ2) is 7.41. The monoisotopic (exact) mass is 414 g/mol. The Labute approximate surface area is 176 Å². The third kappa shape index (κ3) is 3.62. The molecule has 0 fully saturated rings. The predicted octanol–water partition coefficient (Wildman–Crippen LogP) is 1.86. The Hall–Kier alpha value is -4.47. The van der Waals surface area contributed by atoms with Gasteiger partial charge in [0, 0.05) is 29.4 Å². The van der Waals surface area contributed by atoms with Gasteiger partial charge >= 0.3 is 0 Å². The molecule has 5 N–H and O–H groups in total. The van der Waals surface area contributed by atoms with E-state index in [1.54, 1.807) is 23.3 Å². The first-order valence-corrected chi connectivity index (χ1v) is 9.62. The number of amides is 1. The standard InChI is InChI=1S/C21H19N9O/c1-29-5-4-13(6-19(29)22)11-30-12-16(10-25-30)26-21(31)20-17-3-2-14(7-18(17)27-28-20)15-8-23-24-9-15/h2-10,12,22H,11H2,1H3,(H3,23,24,26,27,28,31)/p+1. The van der Waals surface area contributed by atoms with Crippen molar-refractivity contribution < 1.29 is 9.36 Å². The average Bonchev–Trinajstić information content (AvgIpc) is 3.51. The third-order valence-electron chi connectivity index (χ3n) is 5.10. The van der Waals surface area contributed by atoms with E-state index < -0.39 is 0 Å². The molecule has 0 radical (unpaired) electrons. The summed E-state index contributed by atoms with van der Waals surface area (Å²) in [5.74, 6) is 0.359. The normalized spacial score (nSPS) is 11.1. The Balaban J connectivity index is 1.32. The molecule has 0 aliphatic rings. The number of aromatic nitrogens is 7. The lowest BCUT2D eigenvalue weighted by Gasteiger charge is -2.03. The molecule has 0 aliphatic heterocycles. The summed E-state index contributed by atoms with van der Waals surface area (Å²) >= 11 is 0. The molecular weight excluding hydrogens is 394 g/mol. The molecule has 10 heteroatoms. The largest absolute Gasteiger partial charge is 0.318 e. The minimum Gasteiger partial charge on any atom is -0.318 e. The van der Waals surface area contributed by atoms with Crippen LogP contribution < -0.4 is 15.6 Å². The van der Waals surface area contributed by atoms with E-state index >= 15 is 0 Å². The molecule has 4 aromatic heterocycles. The van der Waals surface area contributed by atoms with Gasteiger partial charge in [-0.05, 0) is 29.3 Å². The highest BCUT2D eigenvalue weighted by Gasteiger charge is 2.16. The summed E-state index contributed by atoms with van der Waals surface area (Å²) < 4.78 is 3.58. The number of nitrogens with zero attached hydrogens (tertiary/aromatic N) is 5. The first-order chi connectivity index (χ1) is 15.1. The van der Waals surface area contributed by atoms with Crippen LogP contribution in [-0.2, 0) is 13.6 Å². The summed E-state index contributed by atoms with van der Waals surface area (Å²) in [6.07, 6.45) is 8.83. The van der Waals surface area contributed by atoms with Crippen molar-refractivity contribution in [3.63, 3.8) is 0 Å². The van der Waals surface area contributed by atoms with Crippen molar-refractivity contribution in [3.8, 4) is 11.1 Å². The Bertz CT molecular complexity index is 1380. The molecule has 154 valence electrons. The van der Waals surface area contributed by atoms with Gasteiger partial charge in [-0.15, -0.1) is 0 Å². The minimum absolute atomic E-state index is 0.308. The summed E-state index contributed by atoms with van der Waals surface area (Å²) in [6, 6.07) is 9.62. The number of hydrogen-bond acceptors (Lipinski definition) is 5. The van der Waals surface area contributed by atoms with Crippen LogP contribution in [0.2, 0.25) is 0 Å². The summed E-state index contributed by atoms with van der Waals surface area (Å²) in [5.41, 5.74) is 10.6. The van der Waals surface area contributed by atoms with Crippen molar-refractivity contribution >= 4 is 28.3 Å². The van der Waals surface area contributed by atoms with Gasteiger partial charge in [-0.1, -0.05) is 6.07 Å². The summed E-state index contributed by atoms with van der Waals surface area (Å²) in [4.78, 5) is 12.8. The second-order valence-corrected chi connectivity index (χ2v) is 7.27. The molecule has 0 bridgehead atoms. The number of hydrogen-bond donors (Lipinski definition) is 4. The fraction of sp³-hybridized carbons (Fsp3) is 0.0952. The Morgan fingerprint density at radius 3 is 2.94 bits per heavy atom. The number of anilines is 2. The molecule has 0 atom stereocenters. The van der Waals surface area contributed by atoms with E-state index in [9.17, 15) is 4.79 Å². The SMILES string of the molecule is C[n+]1ccc(Cn2cc(NC(=O)c3n[nH]c4cc(-c5cn[nH]c5)ccc34)cn2)cc1N. The fourth-order valence-corrected chi connectivity index (χ4v) is 3.40. The van der Waals surface area contributed by atoms with Crippen LogP contribution in [0.3, 0.4) is 0 Å². The Morgan fingerprint density at radius 2 is 2.13 bits per heavy atom. The molecule has 1 amide bonds. The lowest BCUT2D eigenvalue weighted by molar-refractivity contribution is -0.656. The van der Waals surface area contributed by atoms with E-state index in [-0.39, 0.29) is 5.91 Å². The molecule has 10 nitrogen and oxygen atoms in total. The number of benzene rings is 1. The maximum absolute atomic E-state index is 12.8. The average molecular weight is 414 g/mol. The van der Waals surface area contributed by atoms with Crippen molar-refractivity contribution in [2.75, 3.05) is 11.1 Å². The lowest BCUT2D eigenvalue weighted by atomic mass is 10.1. The molecule has 0 saturated heterocycles. The summed E-state index contributed by atoms with van der Waals surface area (Å²) in [7, 11) is 1.89. The number of aromatic amines is 2. The minimum atomic E-state index is -0.308. The van der Waals surface area contributed by atoms with Gasteiger partial charge in [-0.25, -0.2) is 4.57 Å². The van der Waals surface area contributed by atoms with Gasteiger partial charge in [-0.3, -0.25) is 25.4 Å². The van der Waals surface area contributed by atoms with E-state index in [0.717, 1.165) is 27.6 Å². The maximum Gasteiger partial charge on any atom is 0.276 e. The van der Waals surface area contributed by atoms with E-state index in [2.05, 4.69) is 30.8 Å². The van der Waals surface area contributed by atoms with Crippen LogP contribution in [0.4, 0.5) is 11.5 Å². The van der Waals surface area contributed by atoms with Crippen LogP contribution >= 0.6 is 0 Å². The number of fused-ring (bicyclic) bond motifs is 1. The molecule has 0 saturated carbocycles.